The number of hydrogen-bond acceptors (Lipinski definition) is 3. The van der Waals surface area contributed by atoms with Gasteiger partial charge in [0.25, 0.3) is 6.17 Å². The number of halogens is 1. The Morgan fingerprint density at radius 1 is 1.15 bits per heavy atom. The van der Waals surface area contributed by atoms with Gasteiger partial charge in [0.15, 0.2) is 0 Å². The molecule has 110 valence electrons. The number of aryl methyl sites for hydroxylation is 2. The maximum absolute atomic E-state index is 13.8. The van der Waals surface area contributed by atoms with Crippen molar-refractivity contribution in [2.24, 2.45) is 0 Å². The van der Waals surface area contributed by atoms with Gasteiger partial charge in [0, 0.05) is 5.56 Å². The van der Waals surface area contributed by atoms with Gasteiger partial charge in [-0.25, -0.2) is 9.18 Å². The number of benzene rings is 1. The largest absolute Gasteiger partial charge is 0.460 e. The Bertz CT molecular complexity index is 494. The van der Waals surface area contributed by atoms with E-state index in [0.29, 0.717) is 0 Å². The number of esters is 1. The van der Waals surface area contributed by atoms with Crippen LogP contribution in [0.5, 0.6) is 0 Å². The molecule has 20 heavy (non-hydrogen) atoms. The molecule has 0 amide bonds. The van der Waals surface area contributed by atoms with Crippen LogP contribution in [-0.2, 0) is 22.4 Å². The van der Waals surface area contributed by atoms with Crippen LogP contribution in [0.2, 0.25) is 0 Å². The van der Waals surface area contributed by atoms with Crippen molar-refractivity contribution in [3.63, 3.8) is 0 Å². The van der Waals surface area contributed by atoms with Gasteiger partial charge in [-0.1, -0.05) is 26.0 Å². The number of rotatable bonds is 6. The summed E-state index contributed by atoms with van der Waals surface area (Å²) in [5.74, 6) is -1.96. The second kappa shape index (κ2) is 7.17. The first-order chi connectivity index (χ1) is 9.40. The molecule has 0 aliphatic heterocycles. The summed E-state index contributed by atoms with van der Waals surface area (Å²) in [7, 11) is 0. The topological polar surface area (TPSA) is 43.4 Å². The first-order valence-corrected chi connectivity index (χ1v) is 6.91. The Hall–Kier alpha value is -1.71. The summed E-state index contributed by atoms with van der Waals surface area (Å²) in [4.78, 5) is 23.4. The van der Waals surface area contributed by atoms with Crippen molar-refractivity contribution in [3.8, 4) is 0 Å². The van der Waals surface area contributed by atoms with Crippen LogP contribution in [0.3, 0.4) is 0 Å². The monoisotopic (exact) mass is 280 g/mol. The third kappa shape index (κ3) is 3.89. The van der Waals surface area contributed by atoms with Crippen LogP contribution in [0, 0.1) is 0 Å². The molecule has 0 N–H and O–H groups in total. The van der Waals surface area contributed by atoms with Crippen LogP contribution in [0.15, 0.2) is 18.2 Å². The number of carbonyl (C=O) groups is 2. The Balaban J connectivity index is 2.94. The zero-order valence-corrected chi connectivity index (χ0v) is 12.4. The van der Waals surface area contributed by atoms with E-state index < -0.39 is 24.0 Å². The molecule has 0 spiro atoms. The zero-order valence-electron chi connectivity index (χ0n) is 12.4. The van der Waals surface area contributed by atoms with Crippen LogP contribution in [0.25, 0.3) is 0 Å². The summed E-state index contributed by atoms with van der Waals surface area (Å²) in [5, 5.41) is 0. The molecule has 0 radical (unpaired) electrons. The number of ether oxygens (including phenoxy) is 1. The van der Waals surface area contributed by atoms with Gasteiger partial charge < -0.3 is 4.74 Å². The predicted octanol–water partition coefficient (Wildman–Crippen LogP) is 3.28. The molecule has 0 bridgehead atoms. The third-order valence-corrected chi connectivity index (χ3v) is 3.04. The normalized spacial score (nSPS) is 12.3. The van der Waals surface area contributed by atoms with E-state index in [1.807, 2.05) is 19.9 Å². The molecule has 0 aliphatic carbocycles. The fourth-order valence-corrected chi connectivity index (χ4v) is 2.00. The second-order valence-corrected chi connectivity index (χ2v) is 4.90. The molecular weight excluding hydrogens is 259 g/mol. The van der Waals surface area contributed by atoms with Crippen LogP contribution < -0.4 is 0 Å². The lowest BCUT2D eigenvalue weighted by molar-refractivity contribution is -0.151. The number of Topliss-reactive ketones (excluding diaryl/α,β-unsaturated/α-hetero) is 1. The molecule has 4 heteroatoms. The van der Waals surface area contributed by atoms with E-state index >= 15 is 0 Å². The lowest BCUT2D eigenvalue weighted by Gasteiger charge is -2.12. The SMILES string of the molecule is CCc1ccc(C(=O)C(F)C(=O)OC(C)C)cc1CC. The molecule has 1 atom stereocenters. The van der Waals surface area contributed by atoms with Crippen molar-refractivity contribution < 1.29 is 18.7 Å². The van der Waals surface area contributed by atoms with E-state index in [9.17, 15) is 14.0 Å². The first-order valence-electron chi connectivity index (χ1n) is 6.91. The van der Waals surface area contributed by atoms with E-state index in [1.54, 1.807) is 26.0 Å². The Labute approximate surface area is 119 Å². The highest BCUT2D eigenvalue weighted by Crippen LogP contribution is 2.16. The number of ketones is 1. The smallest absolute Gasteiger partial charge is 0.349 e. The molecule has 0 aromatic heterocycles. The van der Waals surface area contributed by atoms with E-state index in [-0.39, 0.29) is 5.56 Å². The van der Waals surface area contributed by atoms with E-state index in [2.05, 4.69) is 0 Å². The highest BCUT2D eigenvalue weighted by Gasteiger charge is 2.29. The molecule has 1 unspecified atom stereocenters. The predicted molar refractivity (Wildman–Crippen MR) is 75.7 cm³/mol. The fourth-order valence-electron chi connectivity index (χ4n) is 2.00. The molecule has 0 heterocycles. The summed E-state index contributed by atoms with van der Waals surface area (Å²) in [6, 6.07) is 5.04. The molecule has 1 aromatic carbocycles. The van der Waals surface area contributed by atoms with Gasteiger partial charge in [0.1, 0.15) is 0 Å². The lowest BCUT2D eigenvalue weighted by Crippen LogP contribution is -2.29. The average molecular weight is 280 g/mol. The van der Waals surface area contributed by atoms with Gasteiger partial charge in [-0.15, -0.1) is 0 Å². The summed E-state index contributed by atoms with van der Waals surface area (Å²) in [6.45, 7) is 7.22. The number of alkyl halides is 1. The Kier molecular flexibility index (Phi) is 5.86. The van der Waals surface area contributed by atoms with Crippen LogP contribution in [0.1, 0.15) is 49.2 Å². The van der Waals surface area contributed by atoms with Crippen molar-refractivity contribution in [3.05, 3.63) is 34.9 Å². The summed E-state index contributed by atoms with van der Waals surface area (Å²) in [5.41, 5.74) is 2.35. The highest BCUT2D eigenvalue weighted by molar-refractivity contribution is 6.11. The van der Waals surface area contributed by atoms with Gasteiger partial charge in [-0.05, 0) is 43.9 Å². The van der Waals surface area contributed by atoms with Crippen molar-refractivity contribution in [2.45, 2.75) is 52.8 Å². The zero-order chi connectivity index (χ0) is 15.3. The Morgan fingerprint density at radius 2 is 1.75 bits per heavy atom. The highest BCUT2D eigenvalue weighted by atomic mass is 19.1. The minimum absolute atomic E-state index is 0.215. The summed E-state index contributed by atoms with van der Waals surface area (Å²) >= 11 is 0. The standard InChI is InChI=1S/C16H21FO3/c1-5-11-7-8-13(9-12(11)6-2)15(18)14(17)16(19)20-10(3)4/h7-10,14H,5-6H2,1-4H3. The number of hydrogen-bond donors (Lipinski definition) is 0. The van der Waals surface area contributed by atoms with Crippen LogP contribution in [-0.4, -0.2) is 24.0 Å². The van der Waals surface area contributed by atoms with Crippen molar-refractivity contribution in [2.75, 3.05) is 0 Å². The average Bonchev–Trinajstić information content (AvgIpc) is 2.44. The molecule has 1 rings (SSSR count). The second-order valence-electron chi connectivity index (χ2n) is 4.90. The fraction of sp³-hybridized carbons (Fsp3) is 0.500. The quantitative estimate of drug-likeness (QED) is 0.456. The van der Waals surface area contributed by atoms with Gasteiger partial charge in [-0.2, -0.15) is 0 Å². The first kappa shape index (κ1) is 16.3. The van der Waals surface area contributed by atoms with E-state index in [1.165, 1.54) is 0 Å². The molecule has 0 fully saturated rings. The third-order valence-electron chi connectivity index (χ3n) is 3.04. The van der Waals surface area contributed by atoms with Gasteiger partial charge in [0.05, 0.1) is 6.10 Å². The van der Waals surface area contributed by atoms with Crippen molar-refractivity contribution >= 4 is 11.8 Å². The molecule has 3 nitrogen and oxygen atoms in total. The van der Waals surface area contributed by atoms with Gasteiger partial charge in [-0.3, -0.25) is 4.79 Å². The van der Waals surface area contributed by atoms with E-state index in [4.69, 9.17) is 4.74 Å². The summed E-state index contributed by atoms with van der Waals surface area (Å²) < 4.78 is 18.6. The van der Waals surface area contributed by atoms with Crippen LogP contribution in [0.4, 0.5) is 4.39 Å². The van der Waals surface area contributed by atoms with E-state index in [0.717, 1.165) is 24.0 Å². The minimum Gasteiger partial charge on any atom is -0.460 e. The minimum atomic E-state index is -2.26. The molecule has 1 aromatic rings. The number of carbonyl (C=O) groups excluding carboxylic acids is 2. The summed E-state index contributed by atoms with van der Waals surface area (Å²) in [6.07, 6.45) is -1.08. The van der Waals surface area contributed by atoms with Gasteiger partial charge >= 0.3 is 5.97 Å². The van der Waals surface area contributed by atoms with Gasteiger partial charge in [0.2, 0.25) is 5.78 Å². The molecule has 0 saturated heterocycles. The maximum Gasteiger partial charge on any atom is 0.349 e. The molecular formula is C16H21FO3. The lowest BCUT2D eigenvalue weighted by atomic mass is 9.97. The van der Waals surface area contributed by atoms with Crippen LogP contribution >= 0.6 is 0 Å². The van der Waals surface area contributed by atoms with Crippen molar-refractivity contribution in [1.82, 2.24) is 0 Å². The maximum atomic E-state index is 13.8. The Morgan fingerprint density at radius 3 is 2.25 bits per heavy atom. The molecule has 0 aliphatic rings. The molecule has 0 saturated carbocycles. The van der Waals surface area contributed by atoms with Crippen molar-refractivity contribution in [1.29, 1.82) is 0 Å².